The Balaban J connectivity index is 2.06. The lowest BCUT2D eigenvalue weighted by molar-refractivity contribution is -0.148. The number of aliphatic hydroxyl groups is 1. The average molecular weight is 264 g/mol. The number of aryl methyl sites for hydroxylation is 1. The zero-order valence-corrected chi connectivity index (χ0v) is 11.6. The zero-order chi connectivity index (χ0) is 14.0. The fourth-order valence-corrected chi connectivity index (χ4v) is 2.32. The number of hydrogen-bond acceptors (Lipinski definition) is 4. The summed E-state index contributed by atoms with van der Waals surface area (Å²) in [5, 5.41) is 12.7. The summed E-state index contributed by atoms with van der Waals surface area (Å²) in [6.07, 6.45) is 3.72. The van der Waals surface area contributed by atoms with Crippen molar-refractivity contribution in [3.8, 4) is 5.75 Å². The van der Waals surface area contributed by atoms with E-state index in [0.717, 1.165) is 29.0 Å². The van der Waals surface area contributed by atoms with E-state index in [1.54, 1.807) is 13.3 Å². The highest BCUT2D eigenvalue weighted by Gasteiger charge is 2.41. The number of pyridine rings is 1. The van der Waals surface area contributed by atoms with E-state index in [1.807, 2.05) is 13.8 Å². The van der Waals surface area contributed by atoms with Crippen molar-refractivity contribution in [2.75, 3.05) is 7.11 Å². The van der Waals surface area contributed by atoms with Crippen molar-refractivity contribution < 1.29 is 14.6 Å². The Morgan fingerprint density at radius 2 is 2.21 bits per heavy atom. The summed E-state index contributed by atoms with van der Waals surface area (Å²) in [6, 6.07) is 0. The van der Waals surface area contributed by atoms with E-state index >= 15 is 0 Å². The molecule has 1 aliphatic carbocycles. The van der Waals surface area contributed by atoms with Crippen LogP contribution in [-0.4, -0.2) is 28.7 Å². The SMILES string of the molecule is COc1c(C)cnc(CNC(=O)C2(O)CCC2)c1C. The third-order valence-corrected chi connectivity index (χ3v) is 3.77. The monoisotopic (exact) mass is 264 g/mol. The van der Waals surface area contributed by atoms with Gasteiger partial charge in [-0.1, -0.05) is 0 Å². The first-order valence-corrected chi connectivity index (χ1v) is 6.47. The van der Waals surface area contributed by atoms with Gasteiger partial charge in [-0.25, -0.2) is 0 Å². The number of aromatic nitrogens is 1. The fourth-order valence-electron chi connectivity index (χ4n) is 2.32. The molecule has 1 heterocycles. The van der Waals surface area contributed by atoms with Crippen molar-refractivity contribution in [2.45, 2.75) is 45.3 Å². The molecule has 0 radical (unpaired) electrons. The minimum Gasteiger partial charge on any atom is -0.496 e. The lowest BCUT2D eigenvalue weighted by Gasteiger charge is -2.34. The first-order chi connectivity index (χ1) is 8.98. The van der Waals surface area contributed by atoms with Crippen LogP contribution in [0.3, 0.4) is 0 Å². The van der Waals surface area contributed by atoms with Crippen LogP contribution in [0.5, 0.6) is 5.75 Å². The topological polar surface area (TPSA) is 71.5 Å². The molecular formula is C14H20N2O3. The Kier molecular flexibility index (Phi) is 3.75. The Morgan fingerprint density at radius 1 is 1.53 bits per heavy atom. The van der Waals surface area contributed by atoms with E-state index in [4.69, 9.17) is 4.74 Å². The van der Waals surface area contributed by atoms with Crippen LogP contribution < -0.4 is 10.1 Å². The summed E-state index contributed by atoms with van der Waals surface area (Å²) in [5.41, 5.74) is 1.48. The lowest BCUT2D eigenvalue weighted by Crippen LogP contribution is -2.51. The molecule has 1 saturated carbocycles. The highest BCUT2D eigenvalue weighted by atomic mass is 16.5. The highest BCUT2D eigenvalue weighted by molar-refractivity contribution is 5.85. The van der Waals surface area contributed by atoms with Gasteiger partial charge in [-0.15, -0.1) is 0 Å². The minimum atomic E-state index is -1.16. The van der Waals surface area contributed by atoms with Gasteiger partial charge in [0, 0.05) is 17.3 Å². The molecule has 5 heteroatoms. The van der Waals surface area contributed by atoms with Gasteiger partial charge >= 0.3 is 0 Å². The first kappa shape index (κ1) is 13.8. The van der Waals surface area contributed by atoms with Crippen molar-refractivity contribution in [3.05, 3.63) is 23.0 Å². The number of ether oxygens (including phenoxy) is 1. The van der Waals surface area contributed by atoms with Gasteiger partial charge in [0.25, 0.3) is 5.91 Å². The van der Waals surface area contributed by atoms with Gasteiger partial charge in [0.2, 0.25) is 0 Å². The molecule has 0 aromatic carbocycles. The van der Waals surface area contributed by atoms with Crippen LogP contribution in [0.1, 0.15) is 36.1 Å². The summed E-state index contributed by atoms with van der Waals surface area (Å²) in [7, 11) is 1.62. The van der Waals surface area contributed by atoms with Crippen molar-refractivity contribution >= 4 is 5.91 Å². The van der Waals surface area contributed by atoms with Gasteiger partial charge in [-0.05, 0) is 33.1 Å². The van der Waals surface area contributed by atoms with Gasteiger partial charge in [-0.2, -0.15) is 0 Å². The van der Waals surface area contributed by atoms with Gasteiger partial charge in [-0.3, -0.25) is 9.78 Å². The van der Waals surface area contributed by atoms with Crippen LogP contribution in [-0.2, 0) is 11.3 Å². The van der Waals surface area contributed by atoms with Crippen LogP contribution in [0.2, 0.25) is 0 Å². The van der Waals surface area contributed by atoms with E-state index in [1.165, 1.54) is 0 Å². The zero-order valence-electron chi connectivity index (χ0n) is 11.6. The molecule has 2 rings (SSSR count). The maximum atomic E-state index is 11.8. The van der Waals surface area contributed by atoms with Crippen molar-refractivity contribution in [1.82, 2.24) is 10.3 Å². The largest absolute Gasteiger partial charge is 0.496 e. The van der Waals surface area contributed by atoms with Crippen LogP contribution in [0.15, 0.2) is 6.20 Å². The molecule has 2 N–H and O–H groups in total. The smallest absolute Gasteiger partial charge is 0.252 e. The summed E-state index contributed by atoms with van der Waals surface area (Å²) in [6.45, 7) is 4.15. The molecule has 0 atom stereocenters. The van der Waals surface area contributed by atoms with Gasteiger partial charge in [0.15, 0.2) is 0 Å². The molecule has 1 fully saturated rings. The summed E-state index contributed by atoms with van der Waals surface area (Å²) in [4.78, 5) is 16.1. The molecule has 19 heavy (non-hydrogen) atoms. The van der Waals surface area contributed by atoms with Crippen LogP contribution in [0.25, 0.3) is 0 Å². The van der Waals surface area contributed by atoms with Crippen molar-refractivity contribution in [3.63, 3.8) is 0 Å². The molecule has 0 unspecified atom stereocenters. The van der Waals surface area contributed by atoms with E-state index in [9.17, 15) is 9.90 Å². The van der Waals surface area contributed by atoms with Crippen LogP contribution >= 0.6 is 0 Å². The van der Waals surface area contributed by atoms with Crippen molar-refractivity contribution in [2.24, 2.45) is 0 Å². The first-order valence-electron chi connectivity index (χ1n) is 6.47. The number of nitrogens with one attached hydrogen (secondary N) is 1. The third kappa shape index (κ3) is 2.56. The van der Waals surface area contributed by atoms with E-state index in [0.29, 0.717) is 19.4 Å². The summed E-state index contributed by atoms with van der Waals surface area (Å²) in [5.74, 6) is 0.487. The van der Waals surface area contributed by atoms with Crippen LogP contribution in [0, 0.1) is 13.8 Å². The normalized spacial score (nSPS) is 16.6. The lowest BCUT2D eigenvalue weighted by atomic mass is 9.79. The Morgan fingerprint density at radius 3 is 2.74 bits per heavy atom. The summed E-state index contributed by atoms with van der Waals surface area (Å²) >= 11 is 0. The minimum absolute atomic E-state index is 0.306. The molecular weight excluding hydrogens is 244 g/mol. The van der Waals surface area contributed by atoms with Gasteiger partial charge in [0.1, 0.15) is 11.4 Å². The third-order valence-electron chi connectivity index (χ3n) is 3.77. The Labute approximate surface area is 113 Å². The average Bonchev–Trinajstić information content (AvgIpc) is 2.35. The molecule has 0 bridgehead atoms. The molecule has 1 aromatic heterocycles. The molecule has 1 aliphatic rings. The van der Waals surface area contributed by atoms with E-state index in [-0.39, 0.29) is 5.91 Å². The molecule has 0 saturated heterocycles. The number of methoxy groups -OCH3 is 1. The molecule has 1 aromatic rings. The molecule has 1 amide bonds. The molecule has 104 valence electrons. The quantitative estimate of drug-likeness (QED) is 0.858. The number of carbonyl (C=O) groups excluding carboxylic acids is 1. The highest BCUT2D eigenvalue weighted by Crippen LogP contribution is 2.31. The number of rotatable bonds is 4. The predicted molar refractivity (Wildman–Crippen MR) is 70.9 cm³/mol. The summed E-state index contributed by atoms with van der Waals surface area (Å²) < 4.78 is 5.32. The standard InChI is InChI=1S/C14H20N2O3/c1-9-7-15-11(10(2)12(9)19-3)8-16-13(17)14(18)5-4-6-14/h7,18H,4-6,8H2,1-3H3,(H,16,17). The molecule has 0 aliphatic heterocycles. The maximum Gasteiger partial charge on any atom is 0.252 e. The van der Waals surface area contributed by atoms with E-state index in [2.05, 4.69) is 10.3 Å². The Hall–Kier alpha value is -1.62. The van der Waals surface area contributed by atoms with E-state index < -0.39 is 5.60 Å². The molecule has 0 spiro atoms. The number of nitrogens with zero attached hydrogens (tertiary/aromatic N) is 1. The second kappa shape index (κ2) is 5.17. The number of amides is 1. The van der Waals surface area contributed by atoms with Gasteiger partial charge in [0.05, 0.1) is 19.3 Å². The fraction of sp³-hybridized carbons (Fsp3) is 0.571. The Bertz CT molecular complexity index is 496. The molecule has 5 nitrogen and oxygen atoms in total. The van der Waals surface area contributed by atoms with Crippen LogP contribution in [0.4, 0.5) is 0 Å². The van der Waals surface area contributed by atoms with Gasteiger partial charge < -0.3 is 15.2 Å². The number of hydrogen-bond donors (Lipinski definition) is 2. The second-order valence-corrected chi connectivity index (χ2v) is 5.11. The van der Waals surface area contributed by atoms with Crippen molar-refractivity contribution in [1.29, 1.82) is 0 Å². The predicted octanol–water partition coefficient (Wildman–Crippen LogP) is 1.24. The second-order valence-electron chi connectivity index (χ2n) is 5.11. The maximum absolute atomic E-state index is 11.8. The number of carbonyl (C=O) groups is 1.